The average Bonchev–Trinajstić information content (AvgIpc) is 2.19. The number of hydrogen-bond acceptors (Lipinski definition) is 1. The molecule has 0 saturated heterocycles. The van der Waals surface area contributed by atoms with Crippen molar-refractivity contribution in [1.29, 1.82) is 0 Å². The fourth-order valence-corrected chi connectivity index (χ4v) is 1.94. The Morgan fingerprint density at radius 1 is 1.44 bits per heavy atom. The first-order valence-electron chi connectivity index (χ1n) is 5.25. The molecule has 0 fully saturated rings. The molecule has 0 aromatic heterocycles. The van der Waals surface area contributed by atoms with E-state index in [0.29, 0.717) is 22.9 Å². The smallest absolute Gasteiger partial charge is 0.0584 e. The largest absolute Gasteiger partial charge is 0.393 e. The summed E-state index contributed by atoms with van der Waals surface area (Å²) in [4.78, 5) is 0. The van der Waals surface area contributed by atoms with Crippen LogP contribution in [-0.4, -0.2) is 11.2 Å². The zero-order valence-corrected chi connectivity index (χ0v) is 10.9. The Morgan fingerprint density at radius 3 is 2.69 bits per heavy atom. The third-order valence-electron chi connectivity index (χ3n) is 2.37. The van der Waals surface area contributed by atoms with Crippen LogP contribution in [0.1, 0.15) is 25.3 Å². The van der Waals surface area contributed by atoms with E-state index >= 15 is 0 Å². The van der Waals surface area contributed by atoms with E-state index in [-0.39, 0.29) is 6.10 Å². The molecule has 0 radical (unpaired) electrons. The highest BCUT2D eigenvalue weighted by Crippen LogP contribution is 2.23. The van der Waals surface area contributed by atoms with Crippen LogP contribution in [0.3, 0.4) is 0 Å². The molecule has 1 aromatic carbocycles. The molecule has 0 heterocycles. The lowest BCUT2D eigenvalue weighted by Gasteiger charge is -2.11. The van der Waals surface area contributed by atoms with Gasteiger partial charge in [-0.05, 0) is 43.9 Å². The van der Waals surface area contributed by atoms with Crippen LogP contribution >= 0.6 is 23.2 Å². The summed E-state index contributed by atoms with van der Waals surface area (Å²) < 4.78 is 0. The monoisotopic (exact) mass is 258 g/mol. The standard InChI is InChI=1S/C13H16Cl2O/c1-9(2)3-6-12(16)7-10-4-5-11(14)8-13(10)15/h4-5,8,12,16H,1,3,6-7H2,2H3. The van der Waals surface area contributed by atoms with Gasteiger partial charge < -0.3 is 5.11 Å². The van der Waals surface area contributed by atoms with Crippen molar-refractivity contribution in [3.63, 3.8) is 0 Å². The Kier molecular flexibility index (Phi) is 5.33. The van der Waals surface area contributed by atoms with E-state index in [1.807, 2.05) is 13.0 Å². The Labute approximate surface area is 107 Å². The summed E-state index contributed by atoms with van der Waals surface area (Å²) in [5, 5.41) is 11.0. The van der Waals surface area contributed by atoms with Crippen molar-refractivity contribution in [1.82, 2.24) is 0 Å². The van der Waals surface area contributed by atoms with Gasteiger partial charge in [-0.25, -0.2) is 0 Å². The maximum absolute atomic E-state index is 9.81. The first-order chi connectivity index (χ1) is 7.49. The normalized spacial score (nSPS) is 12.5. The molecule has 1 unspecified atom stereocenters. The second-order valence-electron chi connectivity index (χ2n) is 4.09. The maximum Gasteiger partial charge on any atom is 0.0584 e. The van der Waals surface area contributed by atoms with Gasteiger partial charge in [-0.2, -0.15) is 0 Å². The van der Waals surface area contributed by atoms with Crippen LogP contribution in [0.5, 0.6) is 0 Å². The minimum absolute atomic E-state index is 0.379. The molecule has 0 amide bonds. The number of hydrogen-bond donors (Lipinski definition) is 1. The topological polar surface area (TPSA) is 20.2 Å². The van der Waals surface area contributed by atoms with E-state index in [1.54, 1.807) is 12.1 Å². The third-order valence-corrected chi connectivity index (χ3v) is 2.96. The summed E-state index contributed by atoms with van der Waals surface area (Å²) in [5.74, 6) is 0. The Morgan fingerprint density at radius 2 is 2.12 bits per heavy atom. The number of aliphatic hydroxyl groups is 1. The minimum atomic E-state index is -0.379. The predicted octanol–water partition coefficient (Wildman–Crippen LogP) is 4.25. The Bertz CT molecular complexity index is 374. The summed E-state index contributed by atoms with van der Waals surface area (Å²) >= 11 is 11.8. The molecule has 88 valence electrons. The van der Waals surface area contributed by atoms with E-state index in [9.17, 15) is 5.11 Å². The van der Waals surface area contributed by atoms with E-state index in [0.717, 1.165) is 17.6 Å². The molecule has 3 heteroatoms. The highest BCUT2D eigenvalue weighted by molar-refractivity contribution is 6.35. The van der Waals surface area contributed by atoms with Gasteiger partial charge in [-0.1, -0.05) is 34.8 Å². The lowest BCUT2D eigenvalue weighted by molar-refractivity contribution is 0.165. The highest BCUT2D eigenvalue weighted by atomic mass is 35.5. The molecular weight excluding hydrogens is 243 g/mol. The van der Waals surface area contributed by atoms with Gasteiger partial charge in [0.2, 0.25) is 0 Å². The van der Waals surface area contributed by atoms with Crippen LogP contribution in [0.25, 0.3) is 0 Å². The molecule has 1 atom stereocenters. The lowest BCUT2D eigenvalue weighted by atomic mass is 10.0. The van der Waals surface area contributed by atoms with E-state index in [4.69, 9.17) is 23.2 Å². The van der Waals surface area contributed by atoms with Crippen LogP contribution in [0.15, 0.2) is 30.4 Å². The molecular formula is C13H16Cl2O. The van der Waals surface area contributed by atoms with Crippen molar-refractivity contribution in [2.75, 3.05) is 0 Å². The molecule has 0 spiro atoms. The summed E-state index contributed by atoms with van der Waals surface area (Å²) in [6, 6.07) is 5.34. The predicted molar refractivity (Wildman–Crippen MR) is 70.2 cm³/mol. The van der Waals surface area contributed by atoms with Gasteiger partial charge in [-0.3, -0.25) is 0 Å². The Hall–Kier alpha value is -0.500. The average molecular weight is 259 g/mol. The number of rotatable bonds is 5. The van der Waals surface area contributed by atoms with Crippen molar-refractivity contribution in [2.24, 2.45) is 0 Å². The fourth-order valence-electron chi connectivity index (χ4n) is 1.46. The summed E-state index contributed by atoms with van der Waals surface area (Å²) in [6.45, 7) is 5.77. The summed E-state index contributed by atoms with van der Waals surface area (Å²) in [6.07, 6.45) is 1.74. The van der Waals surface area contributed by atoms with E-state index in [1.165, 1.54) is 0 Å². The van der Waals surface area contributed by atoms with Crippen molar-refractivity contribution in [3.05, 3.63) is 46.0 Å². The van der Waals surface area contributed by atoms with Crippen LogP contribution in [-0.2, 0) is 6.42 Å². The van der Waals surface area contributed by atoms with Crippen molar-refractivity contribution < 1.29 is 5.11 Å². The van der Waals surface area contributed by atoms with Gasteiger partial charge in [0.1, 0.15) is 0 Å². The van der Waals surface area contributed by atoms with Crippen molar-refractivity contribution in [2.45, 2.75) is 32.3 Å². The van der Waals surface area contributed by atoms with Gasteiger partial charge in [0.15, 0.2) is 0 Å². The number of halogens is 2. The lowest BCUT2D eigenvalue weighted by Crippen LogP contribution is -2.10. The zero-order chi connectivity index (χ0) is 12.1. The fraction of sp³-hybridized carbons (Fsp3) is 0.385. The van der Waals surface area contributed by atoms with Crippen LogP contribution in [0, 0.1) is 0 Å². The molecule has 0 saturated carbocycles. The second kappa shape index (κ2) is 6.29. The van der Waals surface area contributed by atoms with Crippen molar-refractivity contribution >= 4 is 23.2 Å². The summed E-state index contributed by atoms with van der Waals surface area (Å²) in [7, 11) is 0. The van der Waals surface area contributed by atoms with Gasteiger partial charge >= 0.3 is 0 Å². The highest BCUT2D eigenvalue weighted by Gasteiger charge is 2.08. The van der Waals surface area contributed by atoms with Gasteiger partial charge in [0.05, 0.1) is 6.10 Å². The SMILES string of the molecule is C=C(C)CCC(O)Cc1ccc(Cl)cc1Cl. The molecule has 0 aliphatic rings. The number of allylic oxidation sites excluding steroid dienone is 1. The molecule has 0 aliphatic heterocycles. The molecule has 1 aromatic rings. The van der Waals surface area contributed by atoms with Crippen molar-refractivity contribution in [3.8, 4) is 0 Å². The first-order valence-corrected chi connectivity index (χ1v) is 6.01. The second-order valence-corrected chi connectivity index (χ2v) is 4.93. The third kappa shape index (κ3) is 4.56. The first kappa shape index (κ1) is 13.6. The Balaban J connectivity index is 2.55. The molecule has 16 heavy (non-hydrogen) atoms. The minimum Gasteiger partial charge on any atom is -0.393 e. The number of aliphatic hydroxyl groups excluding tert-OH is 1. The zero-order valence-electron chi connectivity index (χ0n) is 9.34. The maximum atomic E-state index is 9.81. The molecule has 1 rings (SSSR count). The van der Waals surface area contributed by atoms with Gasteiger partial charge in [0, 0.05) is 10.0 Å². The van der Waals surface area contributed by atoms with Gasteiger partial charge in [0.25, 0.3) is 0 Å². The van der Waals surface area contributed by atoms with E-state index < -0.39 is 0 Å². The van der Waals surface area contributed by atoms with E-state index in [2.05, 4.69) is 6.58 Å². The molecule has 0 aliphatic carbocycles. The number of benzene rings is 1. The van der Waals surface area contributed by atoms with Crippen LogP contribution in [0.2, 0.25) is 10.0 Å². The molecule has 1 N–H and O–H groups in total. The summed E-state index contributed by atoms with van der Waals surface area (Å²) in [5.41, 5.74) is 2.02. The molecule has 1 nitrogen and oxygen atoms in total. The molecule has 0 bridgehead atoms. The van der Waals surface area contributed by atoms with Gasteiger partial charge in [-0.15, -0.1) is 6.58 Å². The van der Waals surface area contributed by atoms with Crippen LogP contribution in [0.4, 0.5) is 0 Å². The quantitative estimate of drug-likeness (QED) is 0.783. The van der Waals surface area contributed by atoms with Crippen LogP contribution < -0.4 is 0 Å².